The number of H-pyrrole nitrogens is 1. The van der Waals surface area contributed by atoms with E-state index in [9.17, 15) is 23.3 Å². The number of nitro groups is 1. The monoisotopic (exact) mass is 482 g/mol. The molecular formula is C22H18N4O7S. The van der Waals surface area contributed by atoms with Crippen molar-refractivity contribution in [3.63, 3.8) is 0 Å². The van der Waals surface area contributed by atoms with E-state index in [0.717, 1.165) is 0 Å². The molecule has 3 N–H and O–H groups in total. The SMILES string of the molecule is C=c1[nH]n(-c2ccc(S(N)(=O)=O)cc2)c(=O)/c1=C\c1ccc(-c2ccc(OC)cc2[N+](=O)[O-])o1. The number of nitrogens with one attached hydrogen (secondary N) is 1. The molecule has 0 fully saturated rings. The molecule has 0 aliphatic heterocycles. The first-order valence-electron chi connectivity index (χ1n) is 9.66. The van der Waals surface area contributed by atoms with Gasteiger partial charge in [0.2, 0.25) is 10.0 Å². The lowest BCUT2D eigenvalue weighted by atomic mass is 10.1. The van der Waals surface area contributed by atoms with Gasteiger partial charge >= 0.3 is 0 Å². The van der Waals surface area contributed by atoms with Gasteiger partial charge in [-0.1, -0.05) is 6.58 Å². The molecule has 174 valence electrons. The van der Waals surface area contributed by atoms with Crippen LogP contribution in [0.4, 0.5) is 5.69 Å². The van der Waals surface area contributed by atoms with Gasteiger partial charge in [-0.3, -0.25) is 20.0 Å². The maximum absolute atomic E-state index is 12.9. The first-order valence-corrected chi connectivity index (χ1v) is 11.2. The number of methoxy groups -OCH3 is 1. The Balaban J connectivity index is 1.74. The predicted octanol–water partition coefficient (Wildman–Crippen LogP) is 1.23. The van der Waals surface area contributed by atoms with Crippen LogP contribution in [0.5, 0.6) is 5.75 Å². The summed E-state index contributed by atoms with van der Waals surface area (Å²) >= 11 is 0. The smallest absolute Gasteiger partial charge is 0.284 e. The summed E-state index contributed by atoms with van der Waals surface area (Å²) in [4.78, 5) is 23.8. The summed E-state index contributed by atoms with van der Waals surface area (Å²) in [5.74, 6) is 0.846. The van der Waals surface area contributed by atoms with Crippen LogP contribution >= 0.6 is 0 Å². The summed E-state index contributed by atoms with van der Waals surface area (Å²) in [6.45, 7) is 3.83. The Kier molecular flexibility index (Phi) is 5.69. The Bertz CT molecular complexity index is 1680. The molecular weight excluding hydrogens is 464 g/mol. The number of nitrogens with two attached hydrogens (primary N) is 1. The number of rotatable bonds is 6. The van der Waals surface area contributed by atoms with Crippen LogP contribution in [0, 0.1) is 10.1 Å². The maximum atomic E-state index is 12.9. The lowest BCUT2D eigenvalue weighted by molar-refractivity contribution is -0.384. The van der Waals surface area contributed by atoms with Crippen molar-refractivity contribution in [2.75, 3.05) is 7.11 Å². The number of primary sulfonamides is 1. The molecule has 0 atom stereocenters. The molecule has 0 radical (unpaired) electrons. The maximum Gasteiger partial charge on any atom is 0.284 e. The number of nitro benzene ring substituents is 1. The van der Waals surface area contributed by atoms with Crippen LogP contribution in [0.15, 0.2) is 68.7 Å². The molecule has 0 aliphatic carbocycles. The minimum atomic E-state index is -3.87. The Morgan fingerprint density at radius 3 is 2.50 bits per heavy atom. The Hall–Kier alpha value is -4.42. The van der Waals surface area contributed by atoms with Gasteiger partial charge in [0.1, 0.15) is 17.3 Å². The summed E-state index contributed by atoms with van der Waals surface area (Å²) in [6, 6.07) is 12.9. The fourth-order valence-electron chi connectivity index (χ4n) is 3.33. The topological polar surface area (TPSA) is 163 Å². The molecule has 0 saturated heterocycles. The summed E-state index contributed by atoms with van der Waals surface area (Å²) in [5, 5.41) is 19.9. The van der Waals surface area contributed by atoms with Crippen LogP contribution in [0.1, 0.15) is 5.76 Å². The molecule has 34 heavy (non-hydrogen) atoms. The minimum Gasteiger partial charge on any atom is -0.497 e. The van der Waals surface area contributed by atoms with Crippen molar-refractivity contribution < 1.29 is 22.5 Å². The van der Waals surface area contributed by atoms with Gasteiger partial charge < -0.3 is 9.15 Å². The molecule has 4 rings (SSSR count). The highest BCUT2D eigenvalue weighted by atomic mass is 32.2. The van der Waals surface area contributed by atoms with Crippen LogP contribution in [0.25, 0.3) is 29.7 Å². The van der Waals surface area contributed by atoms with Gasteiger partial charge in [-0.25, -0.2) is 18.2 Å². The fraction of sp³-hybridized carbons (Fsp3) is 0.0455. The van der Waals surface area contributed by atoms with E-state index in [1.54, 1.807) is 18.2 Å². The summed E-state index contributed by atoms with van der Waals surface area (Å²) < 4.78 is 34.9. The first kappa shape index (κ1) is 22.8. The number of sulfonamides is 1. The molecule has 0 saturated carbocycles. The van der Waals surface area contributed by atoms with Crippen LogP contribution in [0.3, 0.4) is 0 Å². The van der Waals surface area contributed by atoms with Crippen molar-refractivity contribution in [2.24, 2.45) is 5.14 Å². The average molecular weight is 482 g/mol. The number of nitrogens with zero attached hydrogens (tertiary/aromatic N) is 2. The van der Waals surface area contributed by atoms with E-state index < -0.39 is 20.5 Å². The van der Waals surface area contributed by atoms with E-state index in [4.69, 9.17) is 14.3 Å². The fourth-order valence-corrected chi connectivity index (χ4v) is 3.84. The molecule has 0 unspecified atom stereocenters. The molecule has 12 heteroatoms. The molecule has 11 nitrogen and oxygen atoms in total. The van der Waals surface area contributed by atoms with E-state index in [-0.39, 0.29) is 38.2 Å². The van der Waals surface area contributed by atoms with Crippen molar-refractivity contribution in [3.8, 4) is 22.8 Å². The zero-order chi connectivity index (χ0) is 24.6. The quantitative estimate of drug-likeness (QED) is 0.308. The molecule has 0 bridgehead atoms. The minimum absolute atomic E-state index is 0.0896. The highest BCUT2D eigenvalue weighted by molar-refractivity contribution is 7.89. The third-order valence-electron chi connectivity index (χ3n) is 5.01. The van der Waals surface area contributed by atoms with E-state index in [0.29, 0.717) is 11.4 Å². The highest BCUT2D eigenvalue weighted by Gasteiger charge is 2.19. The molecule has 0 spiro atoms. The predicted molar refractivity (Wildman–Crippen MR) is 123 cm³/mol. The Labute approximate surface area is 192 Å². The van der Waals surface area contributed by atoms with Gasteiger partial charge in [-0.05, 0) is 54.6 Å². The number of benzene rings is 2. The zero-order valence-electron chi connectivity index (χ0n) is 17.7. The number of aromatic nitrogens is 2. The molecule has 2 aromatic carbocycles. The zero-order valence-corrected chi connectivity index (χ0v) is 18.5. The summed E-state index contributed by atoms with van der Waals surface area (Å²) in [7, 11) is -2.46. The third kappa shape index (κ3) is 4.27. The molecule has 2 heterocycles. The second kappa shape index (κ2) is 8.50. The lowest BCUT2D eigenvalue weighted by Crippen LogP contribution is -2.33. The summed E-state index contributed by atoms with van der Waals surface area (Å²) in [6.07, 6.45) is 1.45. The third-order valence-corrected chi connectivity index (χ3v) is 5.94. The van der Waals surface area contributed by atoms with Gasteiger partial charge in [0.05, 0.1) is 44.8 Å². The van der Waals surface area contributed by atoms with Crippen molar-refractivity contribution in [1.29, 1.82) is 0 Å². The molecule has 2 aromatic heterocycles. The molecule has 0 aliphatic rings. The number of aromatic amines is 1. The number of ether oxygens (including phenoxy) is 1. The van der Waals surface area contributed by atoms with E-state index in [1.165, 1.54) is 54.3 Å². The van der Waals surface area contributed by atoms with Crippen LogP contribution in [-0.2, 0) is 10.0 Å². The van der Waals surface area contributed by atoms with Crippen LogP contribution in [0.2, 0.25) is 0 Å². The first-order chi connectivity index (χ1) is 16.1. The van der Waals surface area contributed by atoms with E-state index in [2.05, 4.69) is 11.7 Å². The van der Waals surface area contributed by atoms with Crippen LogP contribution < -0.4 is 26.0 Å². The van der Waals surface area contributed by atoms with Gasteiger partial charge in [0, 0.05) is 0 Å². The molecule has 4 aromatic rings. The number of hydrogen-bond donors (Lipinski definition) is 2. The Morgan fingerprint density at radius 1 is 1.18 bits per heavy atom. The van der Waals surface area contributed by atoms with Gasteiger partial charge in [0.25, 0.3) is 11.2 Å². The van der Waals surface area contributed by atoms with E-state index >= 15 is 0 Å². The van der Waals surface area contributed by atoms with Gasteiger partial charge in [-0.2, -0.15) is 0 Å². The Morgan fingerprint density at radius 2 is 1.88 bits per heavy atom. The summed E-state index contributed by atoms with van der Waals surface area (Å²) in [5.41, 5.74) is -0.0237. The lowest BCUT2D eigenvalue weighted by Gasteiger charge is -2.03. The van der Waals surface area contributed by atoms with Crippen molar-refractivity contribution in [2.45, 2.75) is 4.90 Å². The largest absolute Gasteiger partial charge is 0.497 e. The van der Waals surface area contributed by atoms with Crippen LogP contribution in [-0.4, -0.2) is 30.2 Å². The second-order valence-corrected chi connectivity index (χ2v) is 8.73. The number of hydrogen-bond acceptors (Lipinski definition) is 7. The highest BCUT2D eigenvalue weighted by Crippen LogP contribution is 2.34. The van der Waals surface area contributed by atoms with Crippen molar-refractivity contribution in [3.05, 3.63) is 91.4 Å². The average Bonchev–Trinajstić information content (AvgIpc) is 3.38. The van der Waals surface area contributed by atoms with E-state index in [1.807, 2.05) is 0 Å². The van der Waals surface area contributed by atoms with Crippen molar-refractivity contribution >= 4 is 28.4 Å². The molecule has 0 amide bonds. The standard InChI is InChI=1S/C22H18N4O7S/c1-13-19(22(27)25(24-13)14-3-7-17(8-4-14)34(23,30)31)11-16-6-10-21(33-16)18-9-5-15(32-2)12-20(18)26(28)29/h3-12,24H,1H2,2H3,(H2,23,30,31)/b19-11-. The second-order valence-electron chi connectivity index (χ2n) is 7.17. The van der Waals surface area contributed by atoms with Gasteiger partial charge in [-0.15, -0.1) is 0 Å². The van der Waals surface area contributed by atoms with Crippen molar-refractivity contribution in [1.82, 2.24) is 9.78 Å². The normalized spacial score (nSPS) is 12.1. The van der Waals surface area contributed by atoms with Gasteiger partial charge in [0.15, 0.2) is 0 Å². The number of furan rings is 1.